The summed E-state index contributed by atoms with van der Waals surface area (Å²) in [6, 6.07) is 5.48. The molecule has 0 aromatic carbocycles. The Labute approximate surface area is 165 Å². The third kappa shape index (κ3) is 3.96. The van der Waals surface area contributed by atoms with Crippen molar-refractivity contribution in [3.05, 3.63) is 44.9 Å². The standard InChI is InChI=1S/C19H21ClFN3O2S/c1-11-15(5-12(22)7-19(21)9-25-10-19)26-18-14(6-16(20)24-17(11)18)23-8-13-3-2-4-27-13/h2-4,6,12H,5,7-10,22H2,1H3,(H,23,24). The maximum absolute atomic E-state index is 14.2. The maximum atomic E-state index is 14.2. The summed E-state index contributed by atoms with van der Waals surface area (Å²) in [5, 5.41) is 5.79. The predicted molar refractivity (Wildman–Crippen MR) is 106 cm³/mol. The van der Waals surface area contributed by atoms with Crippen molar-refractivity contribution in [3.63, 3.8) is 0 Å². The number of anilines is 1. The second-order valence-corrected chi connectivity index (χ2v) is 8.48. The van der Waals surface area contributed by atoms with Crippen molar-refractivity contribution in [2.45, 2.75) is 38.0 Å². The Morgan fingerprint density at radius 3 is 2.96 bits per heavy atom. The molecule has 8 heteroatoms. The van der Waals surface area contributed by atoms with Crippen LogP contribution >= 0.6 is 22.9 Å². The number of fused-ring (bicyclic) bond motifs is 1. The highest BCUT2D eigenvalue weighted by atomic mass is 35.5. The van der Waals surface area contributed by atoms with E-state index in [-0.39, 0.29) is 25.7 Å². The number of aryl methyl sites for hydroxylation is 1. The smallest absolute Gasteiger partial charge is 0.176 e. The number of pyridine rings is 1. The van der Waals surface area contributed by atoms with Crippen LogP contribution in [0.5, 0.6) is 0 Å². The number of alkyl halides is 1. The largest absolute Gasteiger partial charge is 0.457 e. The zero-order chi connectivity index (χ0) is 19.0. The van der Waals surface area contributed by atoms with Crippen molar-refractivity contribution in [3.8, 4) is 0 Å². The lowest BCUT2D eigenvalue weighted by molar-refractivity contribution is -0.135. The Bertz CT molecular complexity index is 940. The van der Waals surface area contributed by atoms with Crippen LogP contribution in [-0.2, 0) is 17.7 Å². The minimum atomic E-state index is -1.31. The van der Waals surface area contributed by atoms with E-state index in [4.69, 9.17) is 26.5 Å². The average Bonchev–Trinajstić information content (AvgIpc) is 3.21. The Hall–Kier alpha value is -1.67. The van der Waals surface area contributed by atoms with Gasteiger partial charge in [-0.05, 0) is 18.4 Å². The van der Waals surface area contributed by atoms with Gasteiger partial charge in [-0.1, -0.05) is 17.7 Å². The summed E-state index contributed by atoms with van der Waals surface area (Å²) in [7, 11) is 0. The number of ether oxygens (including phenoxy) is 1. The molecule has 3 aromatic heterocycles. The molecule has 0 saturated carbocycles. The van der Waals surface area contributed by atoms with Crippen LogP contribution in [0.4, 0.5) is 10.1 Å². The SMILES string of the molecule is Cc1c(CC(N)CC2(F)COC2)oc2c(NCc3cccs3)cc(Cl)nc12. The molecular weight excluding hydrogens is 389 g/mol. The fourth-order valence-electron chi connectivity index (χ4n) is 3.33. The molecule has 0 amide bonds. The summed E-state index contributed by atoms with van der Waals surface area (Å²) in [5.41, 5.74) is 7.89. The number of aromatic nitrogens is 1. The van der Waals surface area contributed by atoms with Gasteiger partial charge in [-0.15, -0.1) is 11.3 Å². The summed E-state index contributed by atoms with van der Waals surface area (Å²) in [6.45, 7) is 2.84. The molecule has 4 rings (SSSR count). The summed E-state index contributed by atoms with van der Waals surface area (Å²) >= 11 is 7.88. The van der Waals surface area contributed by atoms with Crippen molar-refractivity contribution in [2.24, 2.45) is 5.73 Å². The number of nitrogens with one attached hydrogen (secondary N) is 1. The topological polar surface area (TPSA) is 73.3 Å². The van der Waals surface area contributed by atoms with E-state index in [0.29, 0.717) is 29.2 Å². The van der Waals surface area contributed by atoms with Crippen LogP contribution in [0.3, 0.4) is 0 Å². The second kappa shape index (κ2) is 7.39. The molecule has 0 aliphatic carbocycles. The van der Waals surface area contributed by atoms with Gasteiger partial charge in [0, 0.05) is 41.9 Å². The van der Waals surface area contributed by atoms with E-state index in [1.807, 2.05) is 18.4 Å². The summed E-state index contributed by atoms with van der Waals surface area (Å²) in [4.78, 5) is 5.62. The van der Waals surface area contributed by atoms with Crippen LogP contribution < -0.4 is 11.1 Å². The average molecular weight is 410 g/mol. The fourth-order valence-corrected chi connectivity index (χ4v) is 4.17. The Kier molecular flexibility index (Phi) is 5.11. The van der Waals surface area contributed by atoms with E-state index in [9.17, 15) is 4.39 Å². The number of nitrogens with two attached hydrogens (primary N) is 1. The van der Waals surface area contributed by atoms with Crippen LogP contribution in [-0.4, -0.2) is 29.9 Å². The van der Waals surface area contributed by atoms with Gasteiger partial charge in [0.25, 0.3) is 0 Å². The Morgan fingerprint density at radius 1 is 1.48 bits per heavy atom. The van der Waals surface area contributed by atoms with Gasteiger partial charge >= 0.3 is 0 Å². The second-order valence-electron chi connectivity index (χ2n) is 7.07. The highest BCUT2D eigenvalue weighted by Gasteiger charge is 2.40. The zero-order valence-corrected chi connectivity index (χ0v) is 16.5. The van der Waals surface area contributed by atoms with E-state index in [0.717, 1.165) is 17.0 Å². The molecule has 1 fully saturated rings. The molecule has 3 aromatic rings. The molecule has 0 radical (unpaired) electrons. The summed E-state index contributed by atoms with van der Waals surface area (Å²) in [5.74, 6) is 0.718. The van der Waals surface area contributed by atoms with Gasteiger partial charge in [0.2, 0.25) is 0 Å². The number of hydrogen-bond acceptors (Lipinski definition) is 6. The first-order chi connectivity index (χ1) is 12.9. The first-order valence-electron chi connectivity index (χ1n) is 8.80. The van der Waals surface area contributed by atoms with Crippen LogP contribution in [0.1, 0.15) is 22.6 Å². The minimum Gasteiger partial charge on any atom is -0.457 e. The Balaban J connectivity index is 1.57. The molecule has 144 valence electrons. The van der Waals surface area contributed by atoms with Crippen LogP contribution in [0.15, 0.2) is 28.0 Å². The van der Waals surface area contributed by atoms with Gasteiger partial charge < -0.3 is 20.2 Å². The van der Waals surface area contributed by atoms with Crippen molar-refractivity contribution >= 4 is 39.7 Å². The third-order valence-electron chi connectivity index (χ3n) is 4.77. The number of halogens is 2. The summed E-state index contributed by atoms with van der Waals surface area (Å²) < 4.78 is 25.3. The molecule has 0 bridgehead atoms. The molecule has 1 aliphatic heterocycles. The maximum Gasteiger partial charge on any atom is 0.176 e. The van der Waals surface area contributed by atoms with Crippen LogP contribution in [0.2, 0.25) is 5.15 Å². The number of hydrogen-bond donors (Lipinski definition) is 2. The van der Waals surface area contributed by atoms with Crippen LogP contribution in [0, 0.1) is 6.92 Å². The molecule has 27 heavy (non-hydrogen) atoms. The zero-order valence-electron chi connectivity index (χ0n) is 14.9. The third-order valence-corrected chi connectivity index (χ3v) is 5.84. The quantitative estimate of drug-likeness (QED) is 0.563. The van der Waals surface area contributed by atoms with Gasteiger partial charge in [-0.2, -0.15) is 0 Å². The van der Waals surface area contributed by atoms with Crippen molar-refractivity contribution in [2.75, 3.05) is 18.5 Å². The first-order valence-corrected chi connectivity index (χ1v) is 10.1. The minimum absolute atomic E-state index is 0.119. The molecule has 0 spiro atoms. The highest BCUT2D eigenvalue weighted by molar-refractivity contribution is 7.09. The molecule has 3 N–H and O–H groups in total. The van der Waals surface area contributed by atoms with Crippen molar-refractivity contribution in [1.82, 2.24) is 4.98 Å². The first kappa shape index (κ1) is 18.7. The van der Waals surface area contributed by atoms with E-state index in [1.165, 1.54) is 4.88 Å². The fraction of sp³-hybridized carbons (Fsp3) is 0.421. The Morgan fingerprint density at radius 2 is 2.30 bits per heavy atom. The molecule has 4 heterocycles. The number of thiophene rings is 1. The van der Waals surface area contributed by atoms with Crippen LogP contribution in [0.25, 0.3) is 11.1 Å². The lowest BCUT2D eigenvalue weighted by Gasteiger charge is -2.35. The number of furan rings is 1. The molecule has 5 nitrogen and oxygen atoms in total. The summed E-state index contributed by atoms with van der Waals surface area (Å²) in [6.07, 6.45) is 0.691. The lowest BCUT2D eigenvalue weighted by atomic mass is 9.93. The van der Waals surface area contributed by atoms with Gasteiger partial charge in [-0.25, -0.2) is 9.37 Å². The van der Waals surface area contributed by atoms with Gasteiger partial charge in [0.15, 0.2) is 11.3 Å². The number of rotatable bonds is 7. The van der Waals surface area contributed by atoms with E-state index >= 15 is 0 Å². The normalized spacial score (nSPS) is 17.0. The van der Waals surface area contributed by atoms with E-state index < -0.39 is 5.67 Å². The molecule has 1 aliphatic rings. The van der Waals surface area contributed by atoms with Crippen molar-refractivity contribution < 1.29 is 13.5 Å². The van der Waals surface area contributed by atoms with Crippen molar-refractivity contribution in [1.29, 1.82) is 0 Å². The van der Waals surface area contributed by atoms with E-state index in [2.05, 4.69) is 16.4 Å². The lowest BCUT2D eigenvalue weighted by Crippen LogP contribution is -2.49. The highest BCUT2D eigenvalue weighted by Crippen LogP contribution is 2.34. The predicted octanol–water partition coefficient (Wildman–Crippen LogP) is 4.46. The van der Waals surface area contributed by atoms with Gasteiger partial charge in [0.1, 0.15) is 16.4 Å². The van der Waals surface area contributed by atoms with E-state index in [1.54, 1.807) is 17.4 Å². The molecular formula is C19H21ClFN3O2S. The van der Waals surface area contributed by atoms with Gasteiger partial charge in [0.05, 0.1) is 18.9 Å². The monoisotopic (exact) mass is 409 g/mol. The van der Waals surface area contributed by atoms with Gasteiger partial charge in [-0.3, -0.25) is 0 Å². The molecule has 1 unspecified atom stereocenters. The molecule has 1 saturated heterocycles. The number of nitrogens with zero attached hydrogens (tertiary/aromatic N) is 1. The molecule has 1 atom stereocenters.